The van der Waals surface area contributed by atoms with Crippen molar-refractivity contribution in [3.05, 3.63) is 95.2 Å². The van der Waals surface area contributed by atoms with Crippen LogP contribution in [0.1, 0.15) is 28.8 Å². The van der Waals surface area contributed by atoms with E-state index in [1.54, 1.807) is 36.4 Å². The van der Waals surface area contributed by atoms with E-state index in [1.807, 2.05) is 42.6 Å². The standard InChI is InChI=1S/C27H25ClN2O4/c1-34-24(31)16-27(13-5-2-6-14-27)25(32)23(30-26(33)18-9-11-20(28)12-10-18)15-19-17-29-22-8-4-3-7-21(19)22/h2-13,17,23,29H,14-16H2,1H3,(H,30,33)/t23-,27?/m0/s1. The molecule has 7 heteroatoms. The van der Waals surface area contributed by atoms with Gasteiger partial charge in [-0.3, -0.25) is 14.4 Å². The van der Waals surface area contributed by atoms with E-state index in [1.165, 1.54) is 7.11 Å². The first kappa shape index (κ1) is 23.5. The van der Waals surface area contributed by atoms with E-state index in [0.717, 1.165) is 16.5 Å². The molecule has 1 aliphatic rings. The Hall–Kier alpha value is -3.64. The van der Waals surface area contributed by atoms with Crippen molar-refractivity contribution in [2.75, 3.05) is 7.11 Å². The number of halogens is 1. The van der Waals surface area contributed by atoms with Gasteiger partial charge in [-0.1, -0.05) is 54.1 Å². The van der Waals surface area contributed by atoms with Gasteiger partial charge in [0.25, 0.3) is 5.91 Å². The fraction of sp³-hybridized carbons (Fsp3) is 0.222. The zero-order chi connectivity index (χ0) is 24.1. The van der Waals surface area contributed by atoms with Crippen molar-refractivity contribution in [3.8, 4) is 0 Å². The molecule has 2 aromatic carbocycles. The van der Waals surface area contributed by atoms with Crippen molar-refractivity contribution in [1.82, 2.24) is 10.3 Å². The van der Waals surface area contributed by atoms with E-state index in [2.05, 4.69) is 10.3 Å². The molecule has 1 amide bonds. The number of rotatable bonds is 8. The SMILES string of the molecule is COC(=O)CC1(C(=O)[C@H](Cc2c[nH]c3ccccc23)NC(=O)c2ccc(Cl)cc2)C=CC=CC1. The highest BCUT2D eigenvalue weighted by Gasteiger charge is 2.42. The molecular formula is C27H25ClN2O4. The number of para-hydroxylation sites is 1. The number of esters is 1. The molecule has 1 aliphatic carbocycles. The maximum Gasteiger partial charge on any atom is 0.306 e. The Bertz CT molecular complexity index is 1280. The van der Waals surface area contributed by atoms with Gasteiger partial charge in [-0.15, -0.1) is 0 Å². The van der Waals surface area contributed by atoms with Crippen LogP contribution < -0.4 is 5.32 Å². The Labute approximate surface area is 202 Å². The zero-order valence-corrected chi connectivity index (χ0v) is 19.5. The lowest BCUT2D eigenvalue weighted by atomic mass is 9.72. The van der Waals surface area contributed by atoms with Gasteiger partial charge in [0, 0.05) is 34.1 Å². The third kappa shape index (κ3) is 4.97. The van der Waals surface area contributed by atoms with Crippen LogP contribution in [0.5, 0.6) is 0 Å². The predicted octanol–water partition coefficient (Wildman–Crippen LogP) is 4.80. The van der Waals surface area contributed by atoms with E-state index in [-0.39, 0.29) is 18.6 Å². The number of Topliss-reactive ketones (excluding diaryl/α,β-unsaturated/α-hetero) is 1. The van der Waals surface area contributed by atoms with Crippen LogP contribution in [0, 0.1) is 5.41 Å². The fourth-order valence-corrected chi connectivity index (χ4v) is 4.44. The Kier molecular flexibility index (Phi) is 6.98. The van der Waals surface area contributed by atoms with Gasteiger partial charge in [-0.2, -0.15) is 0 Å². The van der Waals surface area contributed by atoms with Crippen LogP contribution in [0.3, 0.4) is 0 Å². The first-order valence-corrected chi connectivity index (χ1v) is 11.4. The molecule has 3 aromatic rings. The molecule has 0 radical (unpaired) electrons. The average Bonchev–Trinajstić information content (AvgIpc) is 3.26. The first-order chi connectivity index (χ1) is 16.4. The van der Waals surface area contributed by atoms with Crippen LogP contribution in [0.2, 0.25) is 5.02 Å². The number of aromatic amines is 1. The molecule has 2 N–H and O–H groups in total. The molecular weight excluding hydrogens is 452 g/mol. The van der Waals surface area contributed by atoms with Crippen molar-refractivity contribution in [2.24, 2.45) is 5.41 Å². The number of allylic oxidation sites excluding steroid dienone is 4. The Morgan fingerprint density at radius 1 is 1.12 bits per heavy atom. The van der Waals surface area contributed by atoms with Crippen LogP contribution in [0.25, 0.3) is 10.9 Å². The number of H-pyrrole nitrogens is 1. The summed E-state index contributed by atoms with van der Waals surface area (Å²) in [5, 5.41) is 4.40. The first-order valence-electron chi connectivity index (χ1n) is 11.0. The van der Waals surface area contributed by atoms with E-state index in [0.29, 0.717) is 17.0 Å². The number of ether oxygens (including phenoxy) is 1. The molecule has 0 fully saturated rings. The lowest BCUT2D eigenvalue weighted by Gasteiger charge is -2.33. The lowest BCUT2D eigenvalue weighted by molar-refractivity contribution is -0.146. The molecule has 6 nitrogen and oxygen atoms in total. The normalized spacial score (nSPS) is 17.9. The molecule has 174 valence electrons. The molecule has 0 saturated carbocycles. The van der Waals surface area contributed by atoms with Gasteiger partial charge in [-0.05, 0) is 42.3 Å². The van der Waals surface area contributed by atoms with Crippen molar-refractivity contribution in [2.45, 2.75) is 25.3 Å². The number of ketones is 1. The summed E-state index contributed by atoms with van der Waals surface area (Å²) in [6.07, 6.45) is 9.54. The van der Waals surface area contributed by atoms with Crippen molar-refractivity contribution in [3.63, 3.8) is 0 Å². The van der Waals surface area contributed by atoms with Gasteiger partial charge in [0.05, 0.1) is 25.0 Å². The lowest BCUT2D eigenvalue weighted by Crippen LogP contribution is -2.49. The second-order valence-corrected chi connectivity index (χ2v) is 8.80. The third-order valence-corrected chi connectivity index (χ3v) is 6.40. The van der Waals surface area contributed by atoms with Gasteiger partial charge < -0.3 is 15.0 Å². The molecule has 0 spiro atoms. The second-order valence-electron chi connectivity index (χ2n) is 8.36. The highest BCUT2D eigenvalue weighted by Crippen LogP contribution is 2.35. The van der Waals surface area contributed by atoms with E-state index < -0.39 is 23.3 Å². The number of methoxy groups -OCH3 is 1. The number of amides is 1. The number of carbonyl (C=O) groups is 3. The minimum atomic E-state index is -1.11. The van der Waals surface area contributed by atoms with Crippen LogP contribution in [0.15, 0.2) is 79.0 Å². The maximum absolute atomic E-state index is 14.0. The number of carbonyl (C=O) groups excluding carboxylic acids is 3. The summed E-state index contributed by atoms with van der Waals surface area (Å²) in [6, 6.07) is 13.4. The summed E-state index contributed by atoms with van der Waals surface area (Å²) in [7, 11) is 1.30. The minimum absolute atomic E-state index is 0.107. The fourth-order valence-electron chi connectivity index (χ4n) is 4.31. The number of fused-ring (bicyclic) bond motifs is 1. The molecule has 1 unspecified atom stereocenters. The number of hydrogen-bond acceptors (Lipinski definition) is 4. The number of benzene rings is 2. The minimum Gasteiger partial charge on any atom is -0.469 e. The van der Waals surface area contributed by atoms with Gasteiger partial charge in [0.2, 0.25) is 0 Å². The Morgan fingerprint density at radius 3 is 2.59 bits per heavy atom. The quantitative estimate of drug-likeness (QED) is 0.457. The van der Waals surface area contributed by atoms with Crippen LogP contribution >= 0.6 is 11.6 Å². The van der Waals surface area contributed by atoms with Crippen LogP contribution in [-0.4, -0.2) is 35.8 Å². The Morgan fingerprint density at radius 2 is 1.88 bits per heavy atom. The highest BCUT2D eigenvalue weighted by atomic mass is 35.5. The summed E-state index contributed by atoms with van der Waals surface area (Å²) in [5.41, 5.74) is 1.12. The Balaban J connectivity index is 1.69. The van der Waals surface area contributed by atoms with E-state index >= 15 is 0 Å². The monoisotopic (exact) mass is 476 g/mol. The smallest absolute Gasteiger partial charge is 0.306 e. The summed E-state index contributed by atoms with van der Waals surface area (Å²) in [5.74, 6) is -1.12. The number of aromatic nitrogens is 1. The molecule has 4 rings (SSSR count). The molecule has 1 heterocycles. The van der Waals surface area contributed by atoms with Crippen LogP contribution in [0.4, 0.5) is 0 Å². The summed E-state index contributed by atoms with van der Waals surface area (Å²) in [6.45, 7) is 0. The highest BCUT2D eigenvalue weighted by molar-refractivity contribution is 6.30. The van der Waals surface area contributed by atoms with E-state index in [4.69, 9.17) is 16.3 Å². The molecule has 0 aliphatic heterocycles. The average molecular weight is 477 g/mol. The third-order valence-electron chi connectivity index (χ3n) is 6.15. The maximum atomic E-state index is 14.0. The topological polar surface area (TPSA) is 88.3 Å². The van der Waals surface area contributed by atoms with Gasteiger partial charge in [-0.25, -0.2) is 0 Å². The van der Waals surface area contributed by atoms with Crippen molar-refractivity contribution in [1.29, 1.82) is 0 Å². The van der Waals surface area contributed by atoms with Crippen molar-refractivity contribution >= 4 is 40.2 Å². The molecule has 34 heavy (non-hydrogen) atoms. The summed E-state index contributed by atoms with van der Waals surface area (Å²) in [4.78, 5) is 42.6. The summed E-state index contributed by atoms with van der Waals surface area (Å²) < 4.78 is 4.88. The van der Waals surface area contributed by atoms with Crippen LogP contribution in [-0.2, 0) is 20.7 Å². The number of nitrogens with one attached hydrogen (secondary N) is 2. The number of hydrogen-bond donors (Lipinski definition) is 2. The second kappa shape index (κ2) is 10.1. The van der Waals surface area contributed by atoms with E-state index in [9.17, 15) is 14.4 Å². The molecule has 0 bridgehead atoms. The molecule has 0 saturated heterocycles. The predicted molar refractivity (Wildman–Crippen MR) is 132 cm³/mol. The molecule has 2 atom stereocenters. The summed E-state index contributed by atoms with van der Waals surface area (Å²) >= 11 is 5.96. The van der Waals surface area contributed by atoms with Crippen molar-refractivity contribution < 1.29 is 19.1 Å². The van der Waals surface area contributed by atoms with Gasteiger partial charge >= 0.3 is 5.97 Å². The zero-order valence-electron chi connectivity index (χ0n) is 18.7. The largest absolute Gasteiger partial charge is 0.469 e. The molecule has 1 aromatic heterocycles. The van der Waals surface area contributed by atoms with Gasteiger partial charge in [0.1, 0.15) is 0 Å². The van der Waals surface area contributed by atoms with Gasteiger partial charge in [0.15, 0.2) is 5.78 Å².